The van der Waals surface area contributed by atoms with Crippen LogP contribution in [0.3, 0.4) is 0 Å². The van der Waals surface area contributed by atoms with Crippen LogP contribution in [0.5, 0.6) is 0 Å². The van der Waals surface area contributed by atoms with Crippen LogP contribution in [0, 0.1) is 10.1 Å². The van der Waals surface area contributed by atoms with Crippen LogP contribution in [-0.4, -0.2) is 38.4 Å². The number of rotatable bonds is 5. The average Bonchev–Trinajstić information content (AvgIpc) is 3.08. The molecule has 0 bridgehead atoms. The van der Waals surface area contributed by atoms with Gasteiger partial charge in [0.15, 0.2) is 0 Å². The predicted molar refractivity (Wildman–Crippen MR) is 98.1 cm³/mol. The van der Waals surface area contributed by atoms with Gasteiger partial charge in [0.1, 0.15) is 23.6 Å². The molecular formula is C18H15BrN2O6. The van der Waals surface area contributed by atoms with E-state index in [1.807, 2.05) is 6.07 Å². The first-order chi connectivity index (χ1) is 12.9. The number of nitro benzene ring substituents is 1. The maximum atomic E-state index is 12.8. The van der Waals surface area contributed by atoms with Gasteiger partial charge in [0.2, 0.25) is 5.91 Å². The standard InChI is InChI=1S/C18H15BrN2O6/c19-15(16(22)12-6-8-13(9-7-12)21(25)26)17(23)20-14(10-27-18(20)24)11-4-2-1-3-5-11/h1-9,14-16,22H,10H2/t14-,15+,16+/m0/s1. The number of hydrogen-bond acceptors (Lipinski definition) is 6. The van der Waals surface area contributed by atoms with Gasteiger partial charge in [-0.2, -0.15) is 0 Å². The van der Waals surface area contributed by atoms with Gasteiger partial charge < -0.3 is 9.84 Å². The monoisotopic (exact) mass is 434 g/mol. The third-order valence-electron chi connectivity index (χ3n) is 4.25. The first-order valence-corrected chi connectivity index (χ1v) is 8.93. The van der Waals surface area contributed by atoms with Gasteiger partial charge in [-0.25, -0.2) is 9.69 Å². The molecule has 0 unspecified atom stereocenters. The minimum atomic E-state index is -1.30. The molecule has 2 amide bonds. The zero-order valence-electron chi connectivity index (χ0n) is 13.9. The van der Waals surface area contributed by atoms with Crippen molar-refractivity contribution in [1.29, 1.82) is 0 Å². The quantitative estimate of drug-likeness (QED) is 0.439. The number of nitro groups is 1. The van der Waals surface area contributed by atoms with Gasteiger partial charge in [0, 0.05) is 12.1 Å². The Balaban J connectivity index is 1.80. The normalized spacial score (nSPS) is 18.7. The van der Waals surface area contributed by atoms with E-state index in [0.29, 0.717) is 5.56 Å². The molecule has 140 valence electrons. The van der Waals surface area contributed by atoms with Gasteiger partial charge in [0.25, 0.3) is 5.69 Å². The number of aliphatic hydroxyl groups excluding tert-OH is 1. The minimum absolute atomic E-state index is 0.0297. The molecule has 1 fully saturated rings. The third-order valence-corrected chi connectivity index (χ3v) is 5.15. The van der Waals surface area contributed by atoms with Crippen LogP contribution >= 0.6 is 15.9 Å². The number of non-ortho nitro benzene ring substituents is 1. The Morgan fingerprint density at radius 2 is 1.85 bits per heavy atom. The van der Waals surface area contributed by atoms with Crippen LogP contribution in [0.1, 0.15) is 23.3 Å². The molecule has 0 radical (unpaired) electrons. The molecule has 27 heavy (non-hydrogen) atoms. The number of amides is 2. The lowest BCUT2D eigenvalue weighted by Gasteiger charge is -2.25. The van der Waals surface area contributed by atoms with Crippen LogP contribution in [0.25, 0.3) is 0 Å². The Labute approximate surface area is 162 Å². The van der Waals surface area contributed by atoms with Crippen LogP contribution < -0.4 is 0 Å². The highest BCUT2D eigenvalue weighted by Crippen LogP contribution is 2.32. The van der Waals surface area contributed by atoms with E-state index in [9.17, 15) is 24.8 Å². The summed E-state index contributed by atoms with van der Waals surface area (Å²) in [5.74, 6) is -0.655. The molecule has 3 rings (SSSR count). The number of carbonyl (C=O) groups excluding carboxylic acids is 2. The second kappa shape index (κ2) is 7.85. The van der Waals surface area contributed by atoms with E-state index >= 15 is 0 Å². The van der Waals surface area contributed by atoms with Crippen molar-refractivity contribution >= 4 is 33.6 Å². The second-order valence-electron chi connectivity index (χ2n) is 5.91. The molecule has 0 spiro atoms. The Morgan fingerprint density at radius 1 is 1.22 bits per heavy atom. The number of hydrogen-bond donors (Lipinski definition) is 1. The molecule has 0 aliphatic carbocycles. The smallest absolute Gasteiger partial charge is 0.417 e. The lowest BCUT2D eigenvalue weighted by atomic mass is 10.0. The number of alkyl halides is 1. The summed E-state index contributed by atoms with van der Waals surface area (Å²) >= 11 is 3.15. The molecule has 1 aliphatic rings. The van der Waals surface area contributed by atoms with E-state index in [2.05, 4.69) is 15.9 Å². The molecule has 0 saturated carbocycles. The van der Waals surface area contributed by atoms with Crippen LogP contribution in [-0.2, 0) is 9.53 Å². The molecule has 2 aromatic rings. The molecule has 3 atom stereocenters. The lowest BCUT2D eigenvalue weighted by molar-refractivity contribution is -0.384. The van der Waals surface area contributed by atoms with Crippen molar-refractivity contribution in [3.05, 3.63) is 75.8 Å². The third kappa shape index (κ3) is 3.83. The molecule has 1 heterocycles. The summed E-state index contributed by atoms with van der Waals surface area (Å²) in [4.78, 5) is 34.9. The molecule has 1 N–H and O–H groups in total. The van der Waals surface area contributed by atoms with E-state index in [1.165, 1.54) is 24.3 Å². The summed E-state index contributed by atoms with van der Waals surface area (Å²) in [6.07, 6.45) is -2.09. The highest BCUT2D eigenvalue weighted by molar-refractivity contribution is 9.10. The number of carbonyl (C=O) groups is 2. The molecule has 0 aromatic heterocycles. The Hall–Kier alpha value is -2.78. The van der Waals surface area contributed by atoms with E-state index in [0.717, 1.165) is 10.5 Å². The predicted octanol–water partition coefficient (Wildman–Crippen LogP) is 3.11. The highest BCUT2D eigenvalue weighted by Gasteiger charge is 2.43. The van der Waals surface area contributed by atoms with Gasteiger partial charge in [-0.1, -0.05) is 46.3 Å². The zero-order chi connectivity index (χ0) is 19.6. The van der Waals surface area contributed by atoms with Crippen LogP contribution in [0.15, 0.2) is 54.6 Å². The number of cyclic esters (lactones) is 1. The maximum absolute atomic E-state index is 12.8. The molecule has 8 nitrogen and oxygen atoms in total. The number of halogens is 1. The van der Waals surface area contributed by atoms with Crippen molar-refractivity contribution in [2.45, 2.75) is 17.0 Å². The summed E-state index contributed by atoms with van der Waals surface area (Å²) < 4.78 is 5.02. The highest BCUT2D eigenvalue weighted by atomic mass is 79.9. The second-order valence-corrected chi connectivity index (χ2v) is 6.89. The lowest BCUT2D eigenvalue weighted by Crippen LogP contribution is -2.41. The fraction of sp³-hybridized carbons (Fsp3) is 0.222. The summed E-state index contributed by atoms with van der Waals surface area (Å²) in [5, 5.41) is 21.2. The van der Waals surface area contributed by atoms with Crippen molar-refractivity contribution in [2.24, 2.45) is 0 Å². The number of ether oxygens (including phenoxy) is 1. The van der Waals surface area contributed by atoms with Gasteiger partial charge in [-0.3, -0.25) is 14.9 Å². The maximum Gasteiger partial charge on any atom is 0.417 e. The van der Waals surface area contributed by atoms with E-state index < -0.39 is 33.9 Å². The topological polar surface area (TPSA) is 110 Å². The summed E-state index contributed by atoms with van der Waals surface area (Å²) in [6.45, 7) is 0.0297. The number of aliphatic hydroxyl groups is 1. The molecule has 1 aliphatic heterocycles. The average molecular weight is 435 g/mol. The van der Waals surface area contributed by atoms with E-state index in [1.54, 1.807) is 24.3 Å². The van der Waals surface area contributed by atoms with Crippen molar-refractivity contribution in [2.75, 3.05) is 6.61 Å². The molecule has 1 saturated heterocycles. The Morgan fingerprint density at radius 3 is 2.44 bits per heavy atom. The van der Waals surface area contributed by atoms with Crippen molar-refractivity contribution < 1.29 is 24.4 Å². The number of nitrogens with zero attached hydrogens (tertiary/aromatic N) is 2. The first kappa shape index (κ1) is 19.0. The number of benzene rings is 2. The van der Waals surface area contributed by atoms with E-state index in [-0.39, 0.29) is 12.3 Å². The summed E-state index contributed by atoms with van der Waals surface area (Å²) in [6, 6.07) is 13.6. The fourth-order valence-electron chi connectivity index (χ4n) is 2.82. The molecule has 9 heteroatoms. The zero-order valence-corrected chi connectivity index (χ0v) is 15.5. The summed E-state index contributed by atoms with van der Waals surface area (Å²) in [5.41, 5.74) is 0.913. The van der Waals surface area contributed by atoms with Crippen molar-refractivity contribution in [3.63, 3.8) is 0 Å². The molecular weight excluding hydrogens is 420 g/mol. The SMILES string of the molecule is O=C1OC[C@@H](c2ccccc2)N1C(=O)[C@H](Br)[C@H](O)c1ccc([N+](=O)[O-])cc1. The molecule has 2 aromatic carbocycles. The van der Waals surface area contributed by atoms with Gasteiger partial charge in [0.05, 0.1) is 4.92 Å². The van der Waals surface area contributed by atoms with Crippen molar-refractivity contribution in [3.8, 4) is 0 Å². The number of imide groups is 1. The van der Waals surface area contributed by atoms with Crippen LogP contribution in [0.2, 0.25) is 0 Å². The summed E-state index contributed by atoms with van der Waals surface area (Å²) in [7, 11) is 0. The van der Waals surface area contributed by atoms with Gasteiger partial charge in [-0.15, -0.1) is 0 Å². The Bertz CT molecular complexity index is 858. The first-order valence-electron chi connectivity index (χ1n) is 8.01. The van der Waals surface area contributed by atoms with E-state index in [4.69, 9.17) is 4.74 Å². The fourth-order valence-corrected chi connectivity index (χ4v) is 3.34. The van der Waals surface area contributed by atoms with Gasteiger partial charge in [-0.05, 0) is 23.3 Å². The minimum Gasteiger partial charge on any atom is -0.446 e. The van der Waals surface area contributed by atoms with Crippen molar-refractivity contribution in [1.82, 2.24) is 4.90 Å². The van der Waals surface area contributed by atoms with Gasteiger partial charge >= 0.3 is 6.09 Å². The Kier molecular flexibility index (Phi) is 5.52. The van der Waals surface area contributed by atoms with Crippen LogP contribution in [0.4, 0.5) is 10.5 Å². The largest absolute Gasteiger partial charge is 0.446 e.